The quantitative estimate of drug-likeness (QED) is 0.723. The van der Waals surface area contributed by atoms with Crippen LogP contribution in [0.15, 0.2) is 18.3 Å². The Kier molecular flexibility index (Phi) is 4.98. The van der Waals surface area contributed by atoms with Gasteiger partial charge in [-0.1, -0.05) is 6.92 Å². The maximum Gasteiger partial charge on any atom is 0.257 e. The highest BCUT2D eigenvalue weighted by Crippen LogP contribution is 2.07. The van der Waals surface area contributed by atoms with Crippen LogP contribution in [0, 0.1) is 0 Å². The predicted molar refractivity (Wildman–Crippen MR) is 58.4 cm³/mol. The summed E-state index contributed by atoms with van der Waals surface area (Å²) in [5.41, 5.74) is 0.336. The number of aldehydes is 1. The summed E-state index contributed by atoms with van der Waals surface area (Å²) in [7, 11) is 0. The molecule has 0 aromatic carbocycles. The summed E-state index contributed by atoms with van der Waals surface area (Å²) in [4.78, 5) is 25.3. The lowest BCUT2D eigenvalue weighted by molar-refractivity contribution is -0.123. The molecular weight excluding hydrogens is 208 g/mol. The van der Waals surface area contributed by atoms with E-state index in [1.165, 1.54) is 12.3 Å². The fourth-order valence-electron chi connectivity index (χ4n) is 1.01. The molecule has 0 radical (unpaired) electrons. The first-order valence-corrected chi connectivity index (χ1v) is 5.07. The van der Waals surface area contributed by atoms with Gasteiger partial charge >= 0.3 is 0 Å². The monoisotopic (exact) mass is 222 g/mol. The van der Waals surface area contributed by atoms with Crippen molar-refractivity contribution in [2.45, 2.75) is 13.3 Å². The molecule has 1 heterocycles. The molecule has 0 saturated heterocycles. The first kappa shape index (κ1) is 12.2. The predicted octanol–water partition coefficient (Wildman–Crippen LogP) is 0.799. The molecule has 0 saturated carbocycles. The van der Waals surface area contributed by atoms with Gasteiger partial charge in [-0.05, 0) is 18.6 Å². The Bertz CT molecular complexity index is 349. The molecule has 1 rings (SSSR count). The van der Waals surface area contributed by atoms with Crippen LogP contribution in [0.3, 0.4) is 0 Å². The highest BCUT2D eigenvalue weighted by Gasteiger charge is 2.01. The Labute approximate surface area is 93.8 Å². The van der Waals surface area contributed by atoms with Crippen LogP contribution in [-0.2, 0) is 4.79 Å². The van der Waals surface area contributed by atoms with Crippen molar-refractivity contribution >= 4 is 12.2 Å². The number of amides is 1. The highest BCUT2D eigenvalue weighted by molar-refractivity contribution is 5.77. The number of nitrogens with zero attached hydrogens (tertiary/aromatic N) is 1. The number of nitrogens with one attached hydrogen (secondary N) is 1. The lowest BCUT2D eigenvalue weighted by atomic mass is 10.4. The van der Waals surface area contributed by atoms with Gasteiger partial charge in [-0.15, -0.1) is 0 Å². The normalized spacial score (nSPS) is 9.56. The third kappa shape index (κ3) is 4.08. The molecule has 0 spiro atoms. The number of hydrogen-bond acceptors (Lipinski definition) is 4. The fourth-order valence-corrected chi connectivity index (χ4v) is 1.01. The first-order valence-electron chi connectivity index (χ1n) is 5.07. The van der Waals surface area contributed by atoms with Crippen molar-refractivity contribution in [1.82, 2.24) is 10.3 Å². The SMILES string of the molecule is CCCNC(=O)COc1ccc(C=O)nc1. The summed E-state index contributed by atoms with van der Waals surface area (Å²) < 4.78 is 5.17. The molecule has 1 aromatic rings. The van der Waals surface area contributed by atoms with Crippen molar-refractivity contribution in [3.8, 4) is 5.75 Å². The van der Waals surface area contributed by atoms with E-state index in [0.29, 0.717) is 24.3 Å². The average molecular weight is 222 g/mol. The summed E-state index contributed by atoms with van der Waals surface area (Å²) in [5, 5.41) is 2.68. The van der Waals surface area contributed by atoms with E-state index in [1.54, 1.807) is 6.07 Å². The van der Waals surface area contributed by atoms with Crippen LogP contribution in [0.5, 0.6) is 5.75 Å². The van der Waals surface area contributed by atoms with Crippen LogP contribution in [0.25, 0.3) is 0 Å². The Morgan fingerprint density at radius 3 is 2.94 bits per heavy atom. The molecule has 0 aliphatic carbocycles. The zero-order valence-corrected chi connectivity index (χ0v) is 9.10. The molecule has 16 heavy (non-hydrogen) atoms. The van der Waals surface area contributed by atoms with Crippen molar-refractivity contribution in [2.24, 2.45) is 0 Å². The molecule has 0 atom stereocenters. The van der Waals surface area contributed by atoms with Gasteiger partial charge in [0.25, 0.3) is 5.91 Å². The highest BCUT2D eigenvalue weighted by atomic mass is 16.5. The summed E-state index contributed by atoms with van der Waals surface area (Å²) in [5.74, 6) is 0.304. The van der Waals surface area contributed by atoms with E-state index < -0.39 is 0 Å². The number of carbonyl (C=O) groups excluding carboxylic acids is 2. The molecule has 0 fully saturated rings. The maximum atomic E-state index is 11.2. The van der Waals surface area contributed by atoms with Gasteiger partial charge in [0, 0.05) is 6.54 Å². The van der Waals surface area contributed by atoms with Crippen LogP contribution in [0.2, 0.25) is 0 Å². The number of pyridine rings is 1. The molecule has 0 aliphatic heterocycles. The summed E-state index contributed by atoms with van der Waals surface area (Å²) in [6, 6.07) is 3.14. The van der Waals surface area contributed by atoms with E-state index >= 15 is 0 Å². The number of ether oxygens (including phenoxy) is 1. The van der Waals surface area contributed by atoms with Gasteiger partial charge < -0.3 is 10.1 Å². The molecule has 0 aliphatic rings. The number of hydrogen-bond donors (Lipinski definition) is 1. The molecule has 86 valence electrons. The van der Waals surface area contributed by atoms with Gasteiger partial charge in [0.1, 0.15) is 11.4 Å². The smallest absolute Gasteiger partial charge is 0.257 e. The summed E-state index contributed by atoms with van der Waals surface area (Å²) in [6.45, 7) is 2.58. The Hall–Kier alpha value is -1.91. The van der Waals surface area contributed by atoms with Crippen molar-refractivity contribution < 1.29 is 14.3 Å². The Morgan fingerprint density at radius 1 is 1.56 bits per heavy atom. The molecular formula is C11H14N2O3. The van der Waals surface area contributed by atoms with Gasteiger partial charge in [0.2, 0.25) is 0 Å². The van der Waals surface area contributed by atoms with E-state index in [0.717, 1.165) is 6.42 Å². The van der Waals surface area contributed by atoms with E-state index in [2.05, 4.69) is 10.3 Å². The summed E-state index contributed by atoms with van der Waals surface area (Å²) >= 11 is 0. The zero-order chi connectivity index (χ0) is 11.8. The van der Waals surface area contributed by atoms with Gasteiger partial charge in [-0.25, -0.2) is 4.98 Å². The fraction of sp³-hybridized carbons (Fsp3) is 0.364. The molecule has 5 nitrogen and oxygen atoms in total. The minimum absolute atomic E-state index is 0.0396. The van der Waals surface area contributed by atoms with Crippen LogP contribution in [0.1, 0.15) is 23.8 Å². The topological polar surface area (TPSA) is 68.3 Å². The van der Waals surface area contributed by atoms with Crippen molar-refractivity contribution in [3.05, 3.63) is 24.0 Å². The van der Waals surface area contributed by atoms with E-state index in [4.69, 9.17) is 4.74 Å². The minimum atomic E-state index is -0.165. The van der Waals surface area contributed by atoms with Gasteiger partial charge in [-0.3, -0.25) is 9.59 Å². The third-order valence-electron chi connectivity index (χ3n) is 1.82. The average Bonchev–Trinajstić information content (AvgIpc) is 2.34. The first-order chi connectivity index (χ1) is 7.76. The zero-order valence-electron chi connectivity index (χ0n) is 9.10. The van der Waals surface area contributed by atoms with Crippen LogP contribution >= 0.6 is 0 Å². The standard InChI is InChI=1S/C11H14N2O3/c1-2-5-12-11(15)8-16-10-4-3-9(7-14)13-6-10/h3-4,6-7H,2,5,8H2,1H3,(H,12,15). The molecule has 1 amide bonds. The molecule has 0 unspecified atom stereocenters. The van der Waals surface area contributed by atoms with Gasteiger partial charge in [0.15, 0.2) is 12.9 Å². The number of aromatic nitrogens is 1. The largest absolute Gasteiger partial charge is 0.482 e. The minimum Gasteiger partial charge on any atom is -0.482 e. The lowest BCUT2D eigenvalue weighted by Gasteiger charge is -2.06. The van der Waals surface area contributed by atoms with Gasteiger partial charge in [-0.2, -0.15) is 0 Å². The second-order valence-electron chi connectivity index (χ2n) is 3.18. The van der Waals surface area contributed by atoms with Crippen molar-refractivity contribution in [1.29, 1.82) is 0 Å². The van der Waals surface area contributed by atoms with Crippen molar-refractivity contribution in [3.63, 3.8) is 0 Å². The third-order valence-corrected chi connectivity index (χ3v) is 1.82. The molecule has 5 heteroatoms. The van der Waals surface area contributed by atoms with E-state index in [1.807, 2.05) is 6.92 Å². The molecule has 1 aromatic heterocycles. The molecule has 1 N–H and O–H groups in total. The van der Waals surface area contributed by atoms with Crippen LogP contribution in [-0.4, -0.2) is 30.3 Å². The van der Waals surface area contributed by atoms with E-state index in [-0.39, 0.29) is 12.5 Å². The second kappa shape index (κ2) is 6.55. The summed E-state index contributed by atoms with van der Waals surface area (Å²) in [6.07, 6.45) is 2.95. The lowest BCUT2D eigenvalue weighted by Crippen LogP contribution is -2.29. The van der Waals surface area contributed by atoms with Crippen molar-refractivity contribution in [2.75, 3.05) is 13.2 Å². The molecule has 0 bridgehead atoms. The van der Waals surface area contributed by atoms with Crippen LogP contribution in [0.4, 0.5) is 0 Å². The van der Waals surface area contributed by atoms with E-state index in [9.17, 15) is 9.59 Å². The number of rotatable bonds is 6. The Balaban J connectivity index is 2.36. The number of carbonyl (C=O) groups is 2. The van der Waals surface area contributed by atoms with Gasteiger partial charge in [0.05, 0.1) is 6.20 Å². The Morgan fingerprint density at radius 2 is 2.38 bits per heavy atom. The second-order valence-corrected chi connectivity index (χ2v) is 3.18. The van der Waals surface area contributed by atoms with Crippen LogP contribution < -0.4 is 10.1 Å². The maximum absolute atomic E-state index is 11.2.